The Balaban J connectivity index is 1.90. The number of anilines is 1. The number of nitrogens with one attached hydrogen (secondary N) is 1. The normalized spacial score (nSPS) is 12.7. The van der Waals surface area contributed by atoms with Gasteiger partial charge in [-0.25, -0.2) is 8.42 Å². The molecule has 0 aliphatic rings. The first-order valence-corrected chi connectivity index (χ1v) is 16.7. The fourth-order valence-corrected chi connectivity index (χ4v) is 5.83. The first-order chi connectivity index (χ1) is 20.0. The second-order valence-electron chi connectivity index (χ2n) is 10.3. The summed E-state index contributed by atoms with van der Waals surface area (Å²) in [5.74, 6) is -0.0205. The number of hydrogen-bond acceptors (Lipinski definition) is 5. The maximum absolute atomic E-state index is 13.9. The van der Waals surface area contributed by atoms with Gasteiger partial charge in [0.2, 0.25) is 21.8 Å². The molecule has 0 aliphatic carbocycles. The van der Waals surface area contributed by atoms with E-state index in [1.807, 2.05) is 68.4 Å². The number of benzene rings is 3. The quantitative estimate of drug-likeness (QED) is 0.231. The molecule has 2 atom stereocenters. The molecule has 3 aromatic carbocycles. The first-order valence-electron chi connectivity index (χ1n) is 14.0. The van der Waals surface area contributed by atoms with Gasteiger partial charge in [-0.1, -0.05) is 77.5 Å². The largest absolute Gasteiger partial charge is 0.495 e. The summed E-state index contributed by atoms with van der Waals surface area (Å²) >= 11 is 3.46. The highest BCUT2D eigenvalue weighted by Gasteiger charge is 2.31. The Morgan fingerprint density at radius 2 is 1.60 bits per heavy atom. The molecule has 0 radical (unpaired) electrons. The van der Waals surface area contributed by atoms with E-state index < -0.39 is 16.1 Å². The molecule has 0 fully saturated rings. The lowest BCUT2D eigenvalue weighted by atomic mass is 10.0. The highest BCUT2D eigenvalue weighted by atomic mass is 79.9. The van der Waals surface area contributed by atoms with Crippen LogP contribution >= 0.6 is 15.9 Å². The summed E-state index contributed by atoms with van der Waals surface area (Å²) < 4.78 is 33.0. The van der Waals surface area contributed by atoms with Crippen LogP contribution < -0.4 is 14.4 Å². The molecule has 0 heterocycles. The molecular weight excluding hydrogens is 618 g/mol. The van der Waals surface area contributed by atoms with Gasteiger partial charge >= 0.3 is 0 Å². The summed E-state index contributed by atoms with van der Waals surface area (Å²) in [4.78, 5) is 29.2. The molecule has 3 rings (SSSR count). The molecule has 0 bridgehead atoms. The Hall–Kier alpha value is -3.37. The lowest BCUT2D eigenvalue weighted by molar-refractivity contribution is -0.141. The Morgan fingerprint density at radius 3 is 2.21 bits per heavy atom. The number of ether oxygens (including phenoxy) is 1. The van der Waals surface area contributed by atoms with Crippen molar-refractivity contribution < 1.29 is 22.7 Å². The van der Waals surface area contributed by atoms with E-state index in [9.17, 15) is 18.0 Å². The highest BCUT2D eigenvalue weighted by Crippen LogP contribution is 2.30. The number of hydrogen-bond donors (Lipinski definition) is 1. The van der Waals surface area contributed by atoms with Gasteiger partial charge < -0.3 is 15.0 Å². The summed E-state index contributed by atoms with van der Waals surface area (Å²) in [7, 11) is -2.16. The van der Waals surface area contributed by atoms with E-state index >= 15 is 0 Å². The minimum Gasteiger partial charge on any atom is -0.495 e. The number of carbonyl (C=O) groups is 2. The van der Waals surface area contributed by atoms with E-state index in [1.54, 1.807) is 29.2 Å². The Morgan fingerprint density at radius 1 is 0.952 bits per heavy atom. The van der Waals surface area contributed by atoms with Crippen LogP contribution in [0, 0.1) is 0 Å². The fraction of sp³-hybridized carbons (Fsp3) is 0.375. The number of methoxy groups -OCH3 is 1. The van der Waals surface area contributed by atoms with Crippen LogP contribution in [-0.2, 0) is 32.6 Å². The van der Waals surface area contributed by atoms with Crippen molar-refractivity contribution in [3.8, 4) is 5.75 Å². The van der Waals surface area contributed by atoms with E-state index in [4.69, 9.17) is 4.74 Å². The summed E-state index contributed by atoms with van der Waals surface area (Å²) in [5, 5.41) is 3.07. The number of carbonyl (C=O) groups excluding carboxylic acids is 2. The number of para-hydroxylation sites is 2. The maximum Gasteiger partial charge on any atom is 0.243 e. The second-order valence-corrected chi connectivity index (χ2v) is 13.1. The van der Waals surface area contributed by atoms with E-state index in [0.717, 1.165) is 28.3 Å². The average Bonchev–Trinajstić information content (AvgIpc) is 2.97. The first kappa shape index (κ1) is 33.1. The van der Waals surface area contributed by atoms with Crippen molar-refractivity contribution in [2.75, 3.05) is 24.2 Å². The smallest absolute Gasteiger partial charge is 0.243 e. The molecule has 10 heteroatoms. The average molecular weight is 659 g/mol. The zero-order valence-electron chi connectivity index (χ0n) is 24.6. The summed E-state index contributed by atoms with van der Waals surface area (Å²) in [5.41, 5.74) is 2.24. The summed E-state index contributed by atoms with van der Waals surface area (Å²) in [6.45, 7) is 4.26. The Kier molecular flexibility index (Phi) is 12.4. The number of amides is 2. The molecule has 1 N–H and O–H groups in total. The van der Waals surface area contributed by atoms with Crippen molar-refractivity contribution in [1.82, 2.24) is 10.2 Å². The predicted octanol–water partition coefficient (Wildman–Crippen LogP) is 5.56. The van der Waals surface area contributed by atoms with Gasteiger partial charge in [0.25, 0.3) is 0 Å². The van der Waals surface area contributed by atoms with Crippen LogP contribution in [0.2, 0.25) is 0 Å². The van der Waals surface area contributed by atoms with Crippen molar-refractivity contribution in [3.05, 3.63) is 94.5 Å². The Labute approximate surface area is 258 Å². The third-order valence-electron chi connectivity index (χ3n) is 7.04. The molecule has 3 aromatic rings. The maximum atomic E-state index is 13.9. The zero-order chi connectivity index (χ0) is 30.7. The van der Waals surface area contributed by atoms with E-state index in [0.29, 0.717) is 17.9 Å². The lowest BCUT2D eigenvalue weighted by Gasteiger charge is -2.33. The molecule has 2 unspecified atom stereocenters. The lowest BCUT2D eigenvalue weighted by Crippen LogP contribution is -2.52. The fourth-order valence-electron chi connectivity index (χ4n) is 4.60. The molecule has 0 saturated carbocycles. The SMILES string of the molecule is CCC(C)NC(=O)C(Cc1ccccc1)N(Cc1ccc(Br)cc1)C(=O)CCCN(c1ccccc1OC)S(C)(=O)=O. The van der Waals surface area contributed by atoms with E-state index in [2.05, 4.69) is 21.2 Å². The Bertz CT molecular complexity index is 1420. The molecule has 0 aromatic heterocycles. The number of rotatable bonds is 15. The van der Waals surface area contributed by atoms with Gasteiger partial charge in [0.15, 0.2) is 0 Å². The van der Waals surface area contributed by atoms with Gasteiger partial charge in [-0.15, -0.1) is 0 Å². The number of nitrogens with zero attached hydrogens (tertiary/aromatic N) is 2. The van der Waals surface area contributed by atoms with Gasteiger partial charge in [-0.05, 0) is 55.2 Å². The van der Waals surface area contributed by atoms with Crippen LogP contribution in [0.1, 0.15) is 44.2 Å². The molecular formula is C32H40BrN3O5S. The third-order valence-corrected chi connectivity index (χ3v) is 8.75. The molecule has 226 valence electrons. The molecule has 0 saturated heterocycles. The molecule has 2 amide bonds. The monoisotopic (exact) mass is 657 g/mol. The second kappa shape index (κ2) is 15.7. The molecule has 0 aliphatic heterocycles. The van der Waals surface area contributed by atoms with Crippen molar-refractivity contribution in [3.63, 3.8) is 0 Å². The van der Waals surface area contributed by atoms with Crippen molar-refractivity contribution in [2.45, 2.75) is 58.2 Å². The van der Waals surface area contributed by atoms with Crippen LogP contribution in [0.25, 0.3) is 0 Å². The van der Waals surface area contributed by atoms with Crippen molar-refractivity contribution >= 4 is 43.5 Å². The summed E-state index contributed by atoms with van der Waals surface area (Å²) in [6.07, 6.45) is 2.55. The minimum atomic E-state index is -3.65. The van der Waals surface area contributed by atoms with Gasteiger partial charge in [0, 0.05) is 36.4 Å². The number of halogens is 1. The van der Waals surface area contributed by atoms with Gasteiger partial charge in [-0.2, -0.15) is 0 Å². The van der Waals surface area contributed by atoms with Crippen molar-refractivity contribution in [2.24, 2.45) is 0 Å². The zero-order valence-corrected chi connectivity index (χ0v) is 27.0. The molecule has 8 nitrogen and oxygen atoms in total. The van der Waals surface area contributed by atoms with Crippen LogP contribution in [0.4, 0.5) is 5.69 Å². The van der Waals surface area contributed by atoms with Crippen LogP contribution in [0.3, 0.4) is 0 Å². The summed E-state index contributed by atoms with van der Waals surface area (Å²) in [6, 6.07) is 23.4. The highest BCUT2D eigenvalue weighted by molar-refractivity contribution is 9.10. The topological polar surface area (TPSA) is 96.0 Å². The van der Waals surface area contributed by atoms with Gasteiger partial charge in [0.1, 0.15) is 11.8 Å². The van der Waals surface area contributed by atoms with Crippen LogP contribution in [0.15, 0.2) is 83.3 Å². The standard InChI is InChI=1S/C32H40BrN3O5S/c1-5-24(2)34-32(38)29(22-25-12-7-6-8-13-25)35(23-26-17-19-27(33)20-18-26)31(37)16-11-21-36(42(4,39)40)28-14-9-10-15-30(28)41-3/h6-10,12-15,17-20,24,29H,5,11,16,21-23H2,1-4H3,(H,34,38). The minimum absolute atomic E-state index is 0.0513. The molecule has 0 spiro atoms. The van der Waals surface area contributed by atoms with E-state index in [1.165, 1.54) is 11.4 Å². The van der Waals surface area contributed by atoms with Crippen molar-refractivity contribution in [1.29, 1.82) is 0 Å². The third kappa shape index (κ3) is 9.59. The van der Waals surface area contributed by atoms with Gasteiger partial charge in [0.05, 0.1) is 19.1 Å². The van der Waals surface area contributed by atoms with E-state index in [-0.39, 0.29) is 43.8 Å². The predicted molar refractivity (Wildman–Crippen MR) is 171 cm³/mol. The van der Waals surface area contributed by atoms with Crippen LogP contribution in [-0.4, -0.2) is 57.1 Å². The number of sulfonamides is 1. The van der Waals surface area contributed by atoms with Gasteiger partial charge in [-0.3, -0.25) is 13.9 Å². The molecule has 42 heavy (non-hydrogen) atoms. The van der Waals surface area contributed by atoms with Crippen LogP contribution in [0.5, 0.6) is 5.75 Å².